The second-order valence-electron chi connectivity index (χ2n) is 24.1. The zero-order valence-electron chi connectivity index (χ0n) is 73.0. The van der Waals surface area contributed by atoms with E-state index in [2.05, 4.69) is 0 Å². The third kappa shape index (κ3) is 116. The normalized spacial score (nSPS) is 17.2. The molecule has 128 heavy (non-hydrogen) atoms. The number of nitriles is 8. The van der Waals surface area contributed by atoms with Crippen LogP contribution in [-0.2, 0) is 108 Å². The number of ketones is 8. The first-order valence-corrected chi connectivity index (χ1v) is 34.5. The summed E-state index contributed by atoms with van der Waals surface area (Å²) in [6.45, 7) is 19.1. The Morgan fingerprint density at radius 2 is 0.266 bits per heavy atom. The van der Waals surface area contributed by atoms with Crippen molar-refractivity contribution >= 4 is 46.3 Å². The average Bonchev–Trinajstić information content (AvgIpc) is 0.936. The van der Waals surface area contributed by atoms with Crippen molar-refractivity contribution in [1.29, 1.82) is 42.1 Å². The minimum Gasteiger partial charge on any atom is -0.875 e. The van der Waals surface area contributed by atoms with Gasteiger partial charge in [0.05, 0.1) is 64.9 Å². The van der Waals surface area contributed by atoms with Crippen LogP contribution in [0.5, 0.6) is 0 Å². The first kappa shape index (κ1) is 167. The van der Waals surface area contributed by atoms with Crippen LogP contribution in [0, 0.1) is 152 Å². The number of nitrogens with two attached hydrogens (primary N) is 8. The van der Waals surface area contributed by atoms with Crippen molar-refractivity contribution in [2.45, 2.75) is 262 Å². The predicted octanol–water partition coefficient (Wildman–Crippen LogP) is -5.54. The van der Waals surface area contributed by atoms with E-state index in [0.29, 0.717) is 0 Å². The molecular formula is C72H112Cr4N20O32+8. The van der Waals surface area contributed by atoms with Crippen LogP contribution >= 0.6 is 0 Å². The van der Waals surface area contributed by atoms with Gasteiger partial charge in [-0.1, -0.05) is 107 Å². The Labute approximate surface area is 783 Å². The Balaban J connectivity index is -0.0000000541. The van der Waals surface area contributed by atoms with Crippen molar-refractivity contribution < 1.29 is 191 Å². The molecule has 0 aliphatic heterocycles. The van der Waals surface area contributed by atoms with Crippen molar-refractivity contribution in [3.63, 3.8) is 0 Å². The summed E-state index contributed by atoms with van der Waals surface area (Å²) in [6, 6.07) is 14.4. The van der Waals surface area contributed by atoms with Gasteiger partial charge in [0.25, 0.3) is 0 Å². The maximum Gasteiger partial charge on any atom is 5.00 e. The molecule has 8 atom stereocenters. The Bertz CT molecular complexity index is 3190. The van der Waals surface area contributed by atoms with Gasteiger partial charge in [0.1, 0.15) is 48.6 Å². The molecule has 0 amide bonds. The number of rotatable bonds is 8. The topological polar surface area (TPSA) is 1110 Å². The van der Waals surface area contributed by atoms with Gasteiger partial charge < -0.3 is 170 Å². The van der Waals surface area contributed by atoms with E-state index in [1.54, 1.807) is 0 Å². The Morgan fingerprint density at radius 1 is 0.211 bits per heavy atom. The molecule has 708 valence electrons. The Morgan fingerprint density at radius 3 is 0.281 bits per heavy atom. The zero-order chi connectivity index (χ0) is 97.8. The first-order chi connectivity index (χ1) is 54.9. The van der Waals surface area contributed by atoms with Gasteiger partial charge in [-0.15, -0.1) is 46.1 Å². The van der Waals surface area contributed by atoms with Crippen LogP contribution in [0.25, 0.3) is 0 Å². The molecule has 4 aliphatic rings. The van der Waals surface area contributed by atoms with Crippen molar-refractivity contribution in [3.8, 4) is 48.6 Å². The molecule has 4 aliphatic carbocycles. The van der Waals surface area contributed by atoms with Crippen LogP contribution in [-0.4, -0.2) is 137 Å². The van der Waals surface area contributed by atoms with E-state index in [4.69, 9.17) is 149 Å². The van der Waals surface area contributed by atoms with E-state index in [0.717, 1.165) is 51.4 Å². The van der Waals surface area contributed by atoms with Gasteiger partial charge in [-0.05, 0) is 107 Å². The standard InChI is InChI=1S/4C6H14N2.8C6H7NO2.4Cr.4NO3.4H2O/c4*7-5-3-1-2-4-6(5)8;8*1-4(8)6(3-7)5(2)9;;;;;4*2-1(3)4;;;;/h4*5-6H,1-4,7-8H2;8*8H,1-2H3;;;;;;;;;4*1H2/q;;;;;;;;;;;;4*+5;4*-1;;;;/p-8/b;;;;8*6-4-;;;;;;;;;;;;/t4*5-,6-;;;;;;;;;;;;;;;;;;;;/m1111..................../s1. The van der Waals surface area contributed by atoms with E-state index >= 15 is 0 Å². The molecule has 4 saturated carbocycles. The molecule has 56 heteroatoms. The molecule has 0 aromatic rings. The van der Waals surface area contributed by atoms with Crippen LogP contribution < -0.4 is 86.7 Å². The Kier molecular flexibility index (Phi) is 135. The number of nitrogens with zero attached hydrogens (tertiary/aromatic N) is 12. The largest absolute Gasteiger partial charge is 5.00 e. The minimum absolute atomic E-state index is 0. The van der Waals surface area contributed by atoms with Gasteiger partial charge in [0.2, 0.25) is 0 Å². The maximum absolute atomic E-state index is 10.3. The van der Waals surface area contributed by atoms with E-state index in [1.807, 2.05) is 0 Å². The summed E-state index contributed by atoms with van der Waals surface area (Å²) >= 11 is 0. The summed E-state index contributed by atoms with van der Waals surface area (Å²) in [5.41, 5.74) is 43.0. The molecule has 0 saturated heterocycles. The summed E-state index contributed by atoms with van der Waals surface area (Å²) in [5.74, 6) is -7.48. The molecular weight excluding hydrogens is 1860 g/mol. The van der Waals surface area contributed by atoms with Crippen molar-refractivity contribution in [2.24, 2.45) is 45.9 Å². The molecule has 0 heterocycles. The molecule has 4 fully saturated rings. The summed E-state index contributed by atoms with van der Waals surface area (Å²) in [7, 11) is 0. The van der Waals surface area contributed by atoms with Crippen molar-refractivity contribution in [3.05, 3.63) is 152 Å². The van der Waals surface area contributed by atoms with Gasteiger partial charge in [-0.25, -0.2) is 0 Å². The average molecular weight is 1980 g/mol. The smallest absolute Gasteiger partial charge is 0.875 e. The third-order valence-corrected chi connectivity index (χ3v) is 14.0. The molecule has 4 radical (unpaired) electrons. The molecule has 4 rings (SSSR count). The number of carbonyl (C=O) groups excluding carboxylic acids is 8. The predicted molar refractivity (Wildman–Crippen MR) is 426 cm³/mol. The van der Waals surface area contributed by atoms with Crippen LogP contribution in [0.2, 0.25) is 0 Å². The molecule has 0 aromatic heterocycles. The number of hydrogen-bond acceptors (Lipinski definition) is 44. The van der Waals surface area contributed by atoms with E-state index in [9.17, 15) is 79.2 Å². The number of allylic oxidation sites excluding steroid dienone is 16. The second-order valence-corrected chi connectivity index (χ2v) is 24.1. The molecule has 24 N–H and O–H groups in total. The molecule has 0 spiro atoms. The van der Waals surface area contributed by atoms with Crippen LogP contribution in [0.4, 0.5) is 0 Å². The van der Waals surface area contributed by atoms with E-state index in [1.165, 1.54) is 211 Å². The van der Waals surface area contributed by atoms with Gasteiger partial charge >= 0.3 is 69.4 Å². The molecule has 0 aromatic carbocycles. The van der Waals surface area contributed by atoms with Gasteiger partial charge in [0, 0.05) is 48.3 Å². The van der Waals surface area contributed by atoms with Gasteiger partial charge in [-0.3, -0.25) is 38.4 Å². The summed E-state index contributed by atoms with van der Waals surface area (Å²) in [5, 5.41) is 207. The molecule has 0 unspecified atom stereocenters. The second kappa shape index (κ2) is 104. The third-order valence-electron chi connectivity index (χ3n) is 14.0. The number of hydrogen-bond donors (Lipinski definition) is 8. The first-order valence-electron chi connectivity index (χ1n) is 34.5. The van der Waals surface area contributed by atoms with E-state index < -0.39 is 113 Å². The van der Waals surface area contributed by atoms with Crippen LogP contribution in [0.3, 0.4) is 0 Å². The SMILES string of the molecule is CC(=O)/C(C#N)=C(/C)[O-].CC(=O)/C(C#N)=C(/C)[O-].CC(=O)/C(C#N)=C(/C)[O-].CC(=O)/C(C#N)=C(/C)[O-].CC(=O)/C(C#N)=C(/C)[O-].CC(=O)/C(C#N)=C(/C)[O-].CC(=O)/C(C#N)=C(/C)[O-].CC(=O)/C(C#N)=C(/C)[O-].N[C@@H]1CCCC[C@H]1N.N[C@@H]1CCCC[C@H]1N.N[C@@H]1CCCC[C@H]1N.N[C@@H]1CCCC[C@H]1N.O.O.O.O.O=[N+]([O-])[O-].O=[N+]([O-])[O-].O=[N+]([O-])[O-].O=[N+]([O-])[O-].[Cr+5].[Cr+5].[Cr+5].[Cr+5]. The summed E-state index contributed by atoms with van der Waals surface area (Å²) < 4.78 is 0. The summed E-state index contributed by atoms with van der Waals surface area (Å²) in [4.78, 5) is 116. The molecule has 52 nitrogen and oxygen atoms in total. The fourth-order valence-electron chi connectivity index (χ4n) is 8.00. The maximum atomic E-state index is 10.3. The minimum atomic E-state index is -1.75. The van der Waals surface area contributed by atoms with E-state index in [-0.39, 0.29) is 184 Å². The summed E-state index contributed by atoms with van der Waals surface area (Å²) in [6.07, 6.45) is 19.2. The number of Topliss-reactive ketones (excluding diaryl/α,β-unsaturated/α-hetero) is 8. The fourth-order valence-corrected chi connectivity index (χ4v) is 8.00. The number of carbonyl (C=O) groups is 8. The monoisotopic (exact) mass is 1980 g/mol. The van der Waals surface area contributed by atoms with Crippen LogP contribution in [0.15, 0.2) is 90.7 Å². The fraction of sp³-hybridized carbons (Fsp3) is 0.556. The zero-order valence-corrected chi connectivity index (χ0v) is 78.1. The van der Waals surface area contributed by atoms with Crippen molar-refractivity contribution in [1.82, 2.24) is 0 Å². The van der Waals surface area contributed by atoms with Gasteiger partial charge in [0.15, 0.2) is 46.3 Å². The van der Waals surface area contributed by atoms with Gasteiger partial charge in [-0.2, -0.15) is 42.1 Å². The van der Waals surface area contributed by atoms with Crippen LogP contribution in [0.1, 0.15) is 214 Å². The van der Waals surface area contributed by atoms with Crippen molar-refractivity contribution in [2.75, 3.05) is 0 Å². The quantitative estimate of drug-likeness (QED) is 0.0369. The molecule has 0 bridgehead atoms. The Hall–Kier alpha value is -12.0.